The van der Waals surface area contributed by atoms with Gasteiger partial charge in [0.25, 0.3) is 0 Å². The molecule has 0 saturated heterocycles. The lowest BCUT2D eigenvalue weighted by Gasteiger charge is -2.09. The van der Waals surface area contributed by atoms with Gasteiger partial charge in [-0.25, -0.2) is 0 Å². The van der Waals surface area contributed by atoms with Gasteiger partial charge in [0.05, 0.1) is 5.52 Å². The van der Waals surface area contributed by atoms with Crippen LogP contribution in [0.4, 0.5) is 0 Å². The van der Waals surface area contributed by atoms with E-state index in [0.717, 1.165) is 33.3 Å². The Morgan fingerprint density at radius 2 is 1.61 bits per heavy atom. The van der Waals surface area contributed by atoms with Crippen LogP contribution >= 0.6 is 0 Å². The predicted molar refractivity (Wildman–Crippen MR) is 109 cm³/mol. The minimum absolute atomic E-state index is 0.121. The molecule has 0 fully saturated rings. The van der Waals surface area contributed by atoms with Crippen LogP contribution in [-0.4, -0.2) is 15.2 Å². The number of fused-ring (bicyclic) bond motifs is 3. The van der Waals surface area contributed by atoms with E-state index in [0.29, 0.717) is 11.2 Å². The molecule has 136 valence electrons. The smallest absolute Gasteiger partial charge is 0.182 e. The van der Waals surface area contributed by atoms with Crippen molar-refractivity contribution in [1.29, 1.82) is 0 Å². The summed E-state index contributed by atoms with van der Waals surface area (Å²) in [6, 6.07) is 20.5. The summed E-state index contributed by atoms with van der Waals surface area (Å²) in [5.41, 5.74) is 5.03. The number of rotatable bonds is 2. The molecule has 5 aromatic rings. The van der Waals surface area contributed by atoms with Gasteiger partial charge in [-0.15, -0.1) is 0 Å². The number of aromatic hydroxyl groups is 2. The zero-order valence-corrected chi connectivity index (χ0v) is 14.6. The minimum Gasteiger partial charge on any atom is -0.508 e. The summed E-state index contributed by atoms with van der Waals surface area (Å²) in [5, 5.41) is 20.3. The van der Waals surface area contributed by atoms with Gasteiger partial charge < -0.3 is 19.6 Å². The molecule has 0 aliphatic rings. The molecule has 3 aromatic carbocycles. The fourth-order valence-electron chi connectivity index (χ4n) is 3.46. The summed E-state index contributed by atoms with van der Waals surface area (Å²) in [7, 11) is 0. The standard InChI is InChI=1S/C23H15NO4/c25-15-6-4-13(5-7-15)20-12-19(14-2-1-3-16(26)10-14)23-22(24-20)18-9-8-17(27)11-21(18)28-23/h1-12,24-26H. The van der Waals surface area contributed by atoms with Gasteiger partial charge in [-0.1, -0.05) is 12.1 Å². The third-order valence-corrected chi connectivity index (χ3v) is 4.79. The second-order valence-corrected chi connectivity index (χ2v) is 6.66. The van der Waals surface area contributed by atoms with Crippen LogP contribution in [0.25, 0.3) is 44.5 Å². The van der Waals surface area contributed by atoms with E-state index in [2.05, 4.69) is 4.98 Å². The maximum absolute atomic E-state index is 11.8. The lowest BCUT2D eigenvalue weighted by atomic mass is 10.0. The first-order valence-corrected chi connectivity index (χ1v) is 8.77. The van der Waals surface area contributed by atoms with Crippen LogP contribution in [0.5, 0.6) is 11.5 Å². The molecule has 2 aromatic heterocycles. The van der Waals surface area contributed by atoms with E-state index < -0.39 is 0 Å². The Balaban J connectivity index is 1.88. The van der Waals surface area contributed by atoms with Crippen LogP contribution in [-0.2, 0) is 0 Å². The first-order chi connectivity index (χ1) is 13.6. The van der Waals surface area contributed by atoms with Crippen LogP contribution in [0.1, 0.15) is 0 Å². The predicted octanol–water partition coefficient (Wildman–Crippen LogP) is 5.02. The van der Waals surface area contributed by atoms with Crippen molar-refractivity contribution in [3.05, 3.63) is 83.0 Å². The second kappa shape index (κ2) is 6.03. The lowest BCUT2D eigenvalue weighted by molar-refractivity contribution is 0.475. The topological polar surface area (TPSA) is 86.5 Å². The molecule has 5 heteroatoms. The first kappa shape index (κ1) is 16.2. The van der Waals surface area contributed by atoms with E-state index >= 15 is 0 Å². The van der Waals surface area contributed by atoms with Gasteiger partial charge >= 0.3 is 0 Å². The summed E-state index contributed by atoms with van der Waals surface area (Å²) < 4.78 is 6.02. The molecule has 3 N–H and O–H groups in total. The van der Waals surface area contributed by atoms with Crippen LogP contribution < -0.4 is 5.43 Å². The summed E-state index contributed by atoms with van der Waals surface area (Å²) in [6.45, 7) is 0. The molecular formula is C23H15NO4. The minimum atomic E-state index is -0.121. The normalized spacial score (nSPS) is 11.3. The van der Waals surface area contributed by atoms with Crippen molar-refractivity contribution in [3.8, 4) is 33.9 Å². The average Bonchev–Trinajstić information content (AvgIpc) is 3.05. The van der Waals surface area contributed by atoms with Crippen molar-refractivity contribution in [3.63, 3.8) is 0 Å². The van der Waals surface area contributed by atoms with E-state index in [9.17, 15) is 15.0 Å². The van der Waals surface area contributed by atoms with Gasteiger partial charge in [0.15, 0.2) is 11.0 Å². The van der Waals surface area contributed by atoms with Crippen molar-refractivity contribution in [2.75, 3.05) is 0 Å². The molecule has 5 rings (SSSR count). The average molecular weight is 369 g/mol. The Hall–Kier alpha value is -3.99. The third kappa shape index (κ3) is 2.61. The fraction of sp³-hybridized carbons (Fsp3) is 0. The summed E-state index contributed by atoms with van der Waals surface area (Å²) >= 11 is 0. The van der Waals surface area contributed by atoms with Crippen LogP contribution in [0, 0.1) is 0 Å². The molecule has 0 atom stereocenters. The highest BCUT2D eigenvalue weighted by Gasteiger charge is 2.16. The molecule has 0 unspecified atom stereocenters. The number of hydrogen-bond acceptors (Lipinski definition) is 4. The Labute approximate surface area is 159 Å². The lowest BCUT2D eigenvalue weighted by Crippen LogP contribution is -1.92. The maximum Gasteiger partial charge on any atom is 0.182 e. The van der Waals surface area contributed by atoms with E-state index in [1.807, 2.05) is 24.3 Å². The number of H-pyrrole nitrogens is 1. The van der Waals surface area contributed by atoms with Gasteiger partial charge in [0, 0.05) is 22.7 Å². The number of furan rings is 1. The zero-order valence-electron chi connectivity index (χ0n) is 14.6. The van der Waals surface area contributed by atoms with E-state index in [-0.39, 0.29) is 16.9 Å². The number of phenolic OH excluding ortho intramolecular Hbond substituents is 2. The van der Waals surface area contributed by atoms with Crippen molar-refractivity contribution in [1.82, 2.24) is 4.98 Å². The van der Waals surface area contributed by atoms with Gasteiger partial charge in [-0.05, 0) is 65.7 Å². The monoisotopic (exact) mass is 369 g/mol. The Morgan fingerprint density at radius 3 is 2.39 bits per heavy atom. The summed E-state index contributed by atoms with van der Waals surface area (Å²) in [4.78, 5) is 15.1. The molecule has 0 radical (unpaired) electrons. The van der Waals surface area contributed by atoms with E-state index in [1.54, 1.807) is 36.4 Å². The van der Waals surface area contributed by atoms with Gasteiger partial charge in [0.2, 0.25) is 0 Å². The molecule has 0 amide bonds. The number of benzene rings is 3. The highest BCUT2D eigenvalue weighted by molar-refractivity contribution is 6.08. The zero-order chi connectivity index (χ0) is 19.3. The van der Waals surface area contributed by atoms with Crippen molar-refractivity contribution in [2.24, 2.45) is 0 Å². The summed E-state index contributed by atoms with van der Waals surface area (Å²) in [5.74, 6) is 0.345. The Bertz CT molecular complexity index is 1390. The quantitative estimate of drug-likeness (QED) is 0.408. The highest BCUT2D eigenvalue weighted by Crippen LogP contribution is 2.38. The second-order valence-electron chi connectivity index (χ2n) is 6.66. The summed E-state index contributed by atoms with van der Waals surface area (Å²) in [6.07, 6.45) is 0. The highest BCUT2D eigenvalue weighted by atomic mass is 16.3. The van der Waals surface area contributed by atoms with Gasteiger partial charge in [0.1, 0.15) is 17.1 Å². The molecular weight excluding hydrogens is 354 g/mol. The molecule has 0 bridgehead atoms. The molecule has 5 nitrogen and oxygen atoms in total. The van der Waals surface area contributed by atoms with Crippen molar-refractivity contribution >= 4 is 22.1 Å². The first-order valence-electron chi connectivity index (χ1n) is 8.77. The molecule has 0 aliphatic heterocycles. The van der Waals surface area contributed by atoms with Gasteiger partial charge in [-0.2, -0.15) is 0 Å². The van der Waals surface area contributed by atoms with Gasteiger partial charge in [-0.3, -0.25) is 4.79 Å². The third-order valence-electron chi connectivity index (χ3n) is 4.79. The largest absolute Gasteiger partial charge is 0.508 e. The molecule has 0 saturated carbocycles. The number of pyridine rings is 1. The van der Waals surface area contributed by atoms with Crippen LogP contribution in [0.2, 0.25) is 0 Å². The van der Waals surface area contributed by atoms with E-state index in [4.69, 9.17) is 4.42 Å². The van der Waals surface area contributed by atoms with E-state index in [1.165, 1.54) is 12.1 Å². The number of aromatic amines is 1. The van der Waals surface area contributed by atoms with Crippen molar-refractivity contribution < 1.29 is 14.6 Å². The van der Waals surface area contributed by atoms with Crippen LogP contribution in [0.15, 0.2) is 82.0 Å². The molecule has 2 heterocycles. The number of nitrogens with one attached hydrogen (secondary N) is 1. The number of aromatic nitrogens is 1. The number of hydrogen-bond donors (Lipinski definition) is 3. The Kier molecular flexibility index (Phi) is 3.49. The molecule has 0 spiro atoms. The number of phenols is 2. The SMILES string of the molecule is O=c1ccc2c(c1)oc1c(-c3cccc(O)c3)cc(-c3ccc(O)cc3)[nH]c12. The van der Waals surface area contributed by atoms with Crippen molar-refractivity contribution in [2.45, 2.75) is 0 Å². The Morgan fingerprint density at radius 1 is 0.786 bits per heavy atom. The molecule has 28 heavy (non-hydrogen) atoms. The van der Waals surface area contributed by atoms with Crippen LogP contribution in [0.3, 0.4) is 0 Å². The molecule has 0 aliphatic carbocycles. The fourth-order valence-corrected chi connectivity index (χ4v) is 3.46. The maximum atomic E-state index is 11.8.